The largest absolute Gasteiger partial charge is 0.301 e. The second-order valence-corrected chi connectivity index (χ2v) is 6.98. The smallest absolute Gasteiger partial charge is 0.257 e. The minimum absolute atomic E-state index is 0.102. The standard InChI is InChI=1S/C18H17N3OS/c1-21-9-8-15-16(11-21)23-18(19-15)20-17(22)14-7-6-12-4-2-3-5-13(12)10-14/h2-7,10H,8-9,11H2,1H3,(H,19,20,22). The summed E-state index contributed by atoms with van der Waals surface area (Å²) < 4.78 is 0. The van der Waals surface area contributed by atoms with E-state index in [9.17, 15) is 4.79 Å². The highest BCUT2D eigenvalue weighted by atomic mass is 32.1. The summed E-state index contributed by atoms with van der Waals surface area (Å²) >= 11 is 1.58. The van der Waals surface area contributed by atoms with Crippen LogP contribution in [-0.4, -0.2) is 29.4 Å². The molecule has 0 unspecified atom stereocenters. The van der Waals surface area contributed by atoms with Crippen molar-refractivity contribution in [3.05, 3.63) is 58.6 Å². The molecule has 0 bridgehead atoms. The first-order valence-corrected chi connectivity index (χ1v) is 8.48. The lowest BCUT2D eigenvalue weighted by molar-refractivity contribution is 0.102. The van der Waals surface area contributed by atoms with Gasteiger partial charge >= 0.3 is 0 Å². The third-order valence-electron chi connectivity index (χ3n) is 4.15. The Hall–Kier alpha value is -2.24. The molecular weight excluding hydrogens is 306 g/mol. The van der Waals surface area contributed by atoms with E-state index in [0.717, 1.165) is 36.0 Å². The Morgan fingerprint density at radius 1 is 1.22 bits per heavy atom. The highest BCUT2D eigenvalue weighted by Gasteiger charge is 2.19. The molecule has 0 atom stereocenters. The van der Waals surface area contributed by atoms with Crippen molar-refractivity contribution in [2.75, 3.05) is 18.9 Å². The highest BCUT2D eigenvalue weighted by Crippen LogP contribution is 2.28. The Bertz CT molecular complexity index is 887. The maximum absolute atomic E-state index is 12.5. The molecule has 1 amide bonds. The Balaban J connectivity index is 1.57. The van der Waals surface area contributed by atoms with E-state index in [2.05, 4.69) is 22.2 Å². The van der Waals surface area contributed by atoms with Gasteiger partial charge in [0.15, 0.2) is 5.13 Å². The highest BCUT2D eigenvalue weighted by molar-refractivity contribution is 7.15. The summed E-state index contributed by atoms with van der Waals surface area (Å²) in [5.41, 5.74) is 1.79. The van der Waals surface area contributed by atoms with E-state index < -0.39 is 0 Å². The molecule has 0 fully saturated rings. The molecule has 3 aromatic rings. The molecule has 5 heteroatoms. The van der Waals surface area contributed by atoms with Crippen molar-refractivity contribution in [3.8, 4) is 0 Å². The summed E-state index contributed by atoms with van der Waals surface area (Å²) in [6, 6.07) is 13.8. The van der Waals surface area contributed by atoms with Crippen LogP contribution in [0.15, 0.2) is 42.5 Å². The molecule has 2 aromatic carbocycles. The van der Waals surface area contributed by atoms with Gasteiger partial charge in [0.25, 0.3) is 5.91 Å². The van der Waals surface area contributed by atoms with Crippen molar-refractivity contribution in [2.45, 2.75) is 13.0 Å². The number of benzene rings is 2. The lowest BCUT2D eigenvalue weighted by Crippen LogP contribution is -2.25. The van der Waals surface area contributed by atoms with Crippen LogP contribution in [-0.2, 0) is 13.0 Å². The monoisotopic (exact) mass is 323 g/mol. The van der Waals surface area contributed by atoms with Crippen LogP contribution in [0, 0.1) is 0 Å². The molecule has 1 aliphatic rings. The summed E-state index contributed by atoms with van der Waals surface area (Å²) in [7, 11) is 2.11. The molecule has 0 saturated heterocycles. The molecule has 23 heavy (non-hydrogen) atoms. The molecule has 2 heterocycles. The fourth-order valence-electron chi connectivity index (χ4n) is 2.88. The number of likely N-dealkylation sites (N-methyl/N-ethyl adjacent to an activating group) is 1. The summed E-state index contributed by atoms with van der Waals surface area (Å²) in [4.78, 5) is 20.6. The number of hydrogen-bond donors (Lipinski definition) is 1. The molecule has 116 valence electrons. The third-order valence-corrected chi connectivity index (χ3v) is 5.15. The summed E-state index contributed by atoms with van der Waals surface area (Å²) in [5.74, 6) is -0.102. The number of thiazole rings is 1. The molecule has 1 aromatic heterocycles. The quantitative estimate of drug-likeness (QED) is 0.784. The van der Waals surface area contributed by atoms with Gasteiger partial charge in [0.2, 0.25) is 0 Å². The van der Waals surface area contributed by atoms with E-state index in [-0.39, 0.29) is 5.91 Å². The Labute approximate surface area is 138 Å². The van der Waals surface area contributed by atoms with Crippen molar-refractivity contribution in [3.63, 3.8) is 0 Å². The van der Waals surface area contributed by atoms with Gasteiger partial charge in [-0.3, -0.25) is 10.1 Å². The molecule has 0 saturated carbocycles. The molecular formula is C18H17N3OS. The summed E-state index contributed by atoms with van der Waals surface area (Å²) in [6.07, 6.45) is 0.953. The van der Waals surface area contributed by atoms with E-state index in [4.69, 9.17) is 0 Å². The first-order chi connectivity index (χ1) is 11.2. The Kier molecular flexibility index (Phi) is 3.59. The molecule has 0 radical (unpaired) electrons. The van der Waals surface area contributed by atoms with E-state index in [1.807, 2.05) is 42.5 Å². The lowest BCUT2D eigenvalue weighted by atomic mass is 10.1. The number of carbonyl (C=O) groups excluding carboxylic acids is 1. The molecule has 4 rings (SSSR count). The van der Waals surface area contributed by atoms with Crippen LogP contribution >= 0.6 is 11.3 Å². The summed E-state index contributed by atoms with van der Waals surface area (Å²) in [5, 5.41) is 5.85. The van der Waals surface area contributed by atoms with Crippen molar-refractivity contribution in [1.82, 2.24) is 9.88 Å². The number of aromatic nitrogens is 1. The Morgan fingerprint density at radius 3 is 2.91 bits per heavy atom. The molecule has 1 aliphatic heterocycles. The number of hydrogen-bond acceptors (Lipinski definition) is 4. The zero-order chi connectivity index (χ0) is 15.8. The molecule has 0 aliphatic carbocycles. The maximum atomic E-state index is 12.5. The van der Waals surface area contributed by atoms with E-state index in [0.29, 0.717) is 10.7 Å². The number of carbonyl (C=O) groups is 1. The maximum Gasteiger partial charge on any atom is 0.257 e. The number of amides is 1. The van der Waals surface area contributed by atoms with Crippen molar-refractivity contribution >= 4 is 33.1 Å². The zero-order valence-corrected chi connectivity index (χ0v) is 13.7. The average molecular weight is 323 g/mol. The van der Waals surface area contributed by atoms with Crippen LogP contribution in [0.25, 0.3) is 10.8 Å². The van der Waals surface area contributed by atoms with Crippen LogP contribution in [0.5, 0.6) is 0 Å². The molecule has 4 nitrogen and oxygen atoms in total. The van der Waals surface area contributed by atoms with Crippen LogP contribution in [0.1, 0.15) is 20.9 Å². The molecule has 1 N–H and O–H groups in total. The number of nitrogens with one attached hydrogen (secondary N) is 1. The number of rotatable bonds is 2. The predicted octanol–water partition coefficient (Wildman–Crippen LogP) is 3.54. The van der Waals surface area contributed by atoms with Gasteiger partial charge in [-0.2, -0.15) is 0 Å². The van der Waals surface area contributed by atoms with Crippen LogP contribution in [0.4, 0.5) is 5.13 Å². The zero-order valence-electron chi connectivity index (χ0n) is 12.9. The van der Waals surface area contributed by atoms with Crippen LogP contribution < -0.4 is 5.32 Å². The fourth-order valence-corrected chi connectivity index (χ4v) is 3.96. The van der Waals surface area contributed by atoms with Crippen molar-refractivity contribution in [1.29, 1.82) is 0 Å². The first-order valence-electron chi connectivity index (χ1n) is 7.66. The van der Waals surface area contributed by atoms with Gasteiger partial charge in [-0.15, -0.1) is 11.3 Å². The second kappa shape index (κ2) is 5.76. The van der Waals surface area contributed by atoms with E-state index >= 15 is 0 Å². The van der Waals surface area contributed by atoms with E-state index in [1.54, 1.807) is 11.3 Å². The lowest BCUT2D eigenvalue weighted by Gasteiger charge is -2.20. The van der Waals surface area contributed by atoms with Crippen molar-refractivity contribution in [2.24, 2.45) is 0 Å². The topological polar surface area (TPSA) is 45.2 Å². The number of nitrogens with zero attached hydrogens (tertiary/aromatic N) is 2. The van der Waals surface area contributed by atoms with Crippen LogP contribution in [0.2, 0.25) is 0 Å². The van der Waals surface area contributed by atoms with E-state index in [1.165, 1.54) is 4.88 Å². The van der Waals surface area contributed by atoms with Gasteiger partial charge in [-0.1, -0.05) is 30.3 Å². The van der Waals surface area contributed by atoms with Crippen molar-refractivity contribution < 1.29 is 4.79 Å². The van der Waals surface area contributed by atoms with Crippen LogP contribution in [0.3, 0.4) is 0 Å². The minimum Gasteiger partial charge on any atom is -0.301 e. The minimum atomic E-state index is -0.102. The summed E-state index contributed by atoms with van der Waals surface area (Å²) in [6.45, 7) is 1.94. The first kappa shape index (κ1) is 14.4. The van der Waals surface area contributed by atoms with Gasteiger partial charge in [-0.25, -0.2) is 4.98 Å². The Morgan fingerprint density at radius 2 is 2.04 bits per heavy atom. The van der Waals surface area contributed by atoms with Gasteiger partial charge in [-0.05, 0) is 30.0 Å². The predicted molar refractivity (Wildman–Crippen MR) is 94.1 cm³/mol. The third kappa shape index (κ3) is 2.85. The SMILES string of the molecule is CN1CCc2nc(NC(=O)c3ccc4ccccc4c3)sc2C1. The fraction of sp³-hybridized carbons (Fsp3) is 0.222. The van der Waals surface area contributed by atoms with Gasteiger partial charge < -0.3 is 4.90 Å². The van der Waals surface area contributed by atoms with Gasteiger partial charge in [0.05, 0.1) is 5.69 Å². The van der Waals surface area contributed by atoms with Gasteiger partial charge in [0.1, 0.15) is 0 Å². The second-order valence-electron chi connectivity index (χ2n) is 5.89. The normalized spacial score (nSPS) is 14.7. The average Bonchev–Trinajstić information content (AvgIpc) is 2.95. The number of anilines is 1. The number of fused-ring (bicyclic) bond motifs is 2. The molecule has 0 spiro atoms. The van der Waals surface area contributed by atoms with Gasteiger partial charge in [0, 0.05) is 30.0 Å².